The summed E-state index contributed by atoms with van der Waals surface area (Å²) in [5.41, 5.74) is 12.4. The Morgan fingerprint density at radius 1 is 0.538 bits per heavy atom. The van der Waals surface area contributed by atoms with Crippen molar-refractivity contribution >= 4 is 87.9 Å². The predicted octanol–water partition coefficient (Wildman–Crippen LogP) is 11.1. The van der Waals surface area contributed by atoms with Gasteiger partial charge in [0.1, 0.15) is 11.2 Å². The highest BCUT2D eigenvalue weighted by atomic mass is 16.3. The van der Waals surface area contributed by atoms with Crippen molar-refractivity contribution in [3.05, 3.63) is 151 Å². The number of nitrogens with zero attached hydrogens (tertiary/aromatic N) is 4. The van der Waals surface area contributed by atoms with Crippen LogP contribution >= 0.6 is 0 Å². The van der Waals surface area contributed by atoms with Gasteiger partial charge >= 0.3 is 0 Å². The maximum Gasteiger partial charge on any atom is 0.220 e. The summed E-state index contributed by atoms with van der Waals surface area (Å²) in [6, 6.07) is 50.3. The van der Waals surface area contributed by atoms with Gasteiger partial charge < -0.3 is 8.82 Å². The molecular formula is C47H28N4O. The number of hydrogen-bond donors (Lipinski definition) is 0. The van der Waals surface area contributed by atoms with Crippen molar-refractivity contribution in [1.82, 2.24) is 18.5 Å². The van der Waals surface area contributed by atoms with Crippen LogP contribution in [0.5, 0.6) is 0 Å². The van der Waals surface area contributed by atoms with Crippen molar-refractivity contribution in [2.45, 2.75) is 12.8 Å². The number of imidazole rings is 1. The topological polar surface area (TPSA) is 40.3 Å². The van der Waals surface area contributed by atoms with Crippen LogP contribution in [0.1, 0.15) is 12.1 Å². The van der Waals surface area contributed by atoms with E-state index in [4.69, 9.17) is 9.40 Å². The number of rotatable bonds is 3. The second-order valence-electron chi connectivity index (χ2n) is 14.2. The molecule has 12 aromatic rings. The van der Waals surface area contributed by atoms with E-state index in [1.165, 1.54) is 76.3 Å². The fourth-order valence-corrected chi connectivity index (χ4v) is 9.56. The van der Waals surface area contributed by atoms with E-state index >= 15 is 0 Å². The SMILES string of the molecule is C1=c2c3c(n4c5ccccc5c5ccc6oc7ccc(c3c7c6c54)n2-c2nc3ccccc3n2-c2ccc(-c3cccc4ccccc34)cc2)CC1. The summed E-state index contributed by atoms with van der Waals surface area (Å²) >= 11 is 0. The fraction of sp³-hybridized carbons (Fsp3) is 0.0426. The highest BCUT2D eigenvalue weighted by molar-refractivity contribution is 6.33. The van der Waals surface area contributed by atoms with Crippen LogP contribution in [-0.4, -0.2) is 18.5 Å². The van der Waals surface area contributed by atoms with E-state index in [1.54, 1.807) is 0 Å². The molecule has 5 heterocycles. The Kier molecular flexibility index (Phi) is 4.91. The van der Waals surface area contributed by atoms with Gasteiger partial charge in [0, 0.05) is 38.3 Å². The van der Waals surface area contributed by atoms with Gasteiger partial charge in [-0.3, -0.25) is 9.13 Å². The van der Waals surface area contributed by atoms with Gasteiger partial charge in [0.15, 0.2) is 0 Å². The number of benzene rings is 7. The lowest BCUT2D eigenvalue weighted by Crippen LogP contribution is -2.21. The highest BCUT2D eigenvalue weighted by Gasteiger charge is 2.29. The van der Waals surface area contributed by atoms with Crippen LogP contribution in [0, 0.1) is 0 Å². The number of aromatic nitrogens is 4. The Morgan fingerprint density at radius 2 is 1.31 bits per heavy atom. The number of hydrogen-bond acceptors (Lipinski definition) is 2. The first-order chi connectivity index (χ1) is 25.8. The van der Waals surface area contributed by atoms with Crippen molar-refractivity contribution in [3.8, 4) is 22.8 Å². The smallest absolute Gasteiger partial charge is 0.220 e. The van der Waals surface area contributed by atoms with E-state index in [9.17, 15) is 0 Å². The van der Waals surface area contributed by atoms with Gasteiger partial charge in [-0.25, -0.2) is 4.98 Å². The van der Waals surface area contributed by atoms with Crippen LogP contribution in [-0.2, 0) is 6.42 Å². The summed E-state index contributed by atoms with van der Waals surface area (Å²) in [6.07, 6.45) is 4.33. The van der Waals surface area contributed by atoms with Crippen LogP contribution in [0.25, 0.3) is 111 Å². The summed E-state index contributed by atoms with van der Waals surface area (Å²) in [5.74, 6) is 0.887. The fourth-order valence-electron chi connectivity index (χ4n) is 9.56. The summed E-state index contributed by atoms with van der Waals surface area (Å²) in [6.45, 7) is 0. The summed E-state index contributed by atoms with van der Waals surface area (Å²) in [4.78, 5) is 5.43. The molecule has 0 saturated heterocycles. The van der Waals surface area contributed by atoms with Gasteiger partial charge in [-0.2, -0.15) is 0 Å². The molecule has 0 atom stereocenters. The quantitative estimate of drug-likeness (QED) is 0.189. The second-order valence-corrected chi connectivity index (χ2v) is 14.2. The van der Waals surface area contributed by atoms with Gasteiger partial charge in [-0.1, -0.05) is 91.0 Å². The Balaban J connectivity index is 1.15. The molecule has 0 saturated carbocycles. The van der Waals surface area contributed by atoms with Crippen LogP contribution in [0.2, 0.25) is 0 Å². The zero-order valence-corrected chi connectivity index (χ0v) is 28.0. The first kappa shape index (κ1) is 26.9. The average Bonchev–Trinajstić information content (AvgIpc) is 3.92. The minimum atomic E-state index is 0.887. The lowest BCUT2D eigenvalue weighted by molar-refractivity contribution is 0.669. The van der Waals surface area contributed by atoms with Crippen molar-refractivity contribution in [2.24, 2.45) is 0 Å². The minimum absolute atomic E-state index is 0.887. The zero-order chi connectivity index (χ0) is 33.7. The Morgan fingerprint density at radius 3 is 2.23 bits per heavy atom. The van der Waals surface area contributed by atoms with Gasteiger partial charge in [-0.05, 0) is 89.3 Å². The van der Waals surface area contributed by atoms with Gasteiger partial charge in [0.2, 0.25) is 5.95 Å². The molecule has 0 spiro atoms. The van der Waals surface area contributed by atoms with Crippen molar-refractivity contribution < 1.29 is 4.42 Å². The van der Waals surface area contributed by atoms with E-state index in [0.29, 0.717) is 0 Å². The summed E-state index contributed by atoms with van der Waals surface area (Å²) in [7, 11) is 0. The van der Waals surface area contributed by atoms with Crippen LogP contribution in [0.3, 0.4) is 0 Å². The molecule has 52 heavy (non-hydrogen) atoms. The van der Waals surface area contributed by atoms with E-state index in [-0.39, 0.29) is 0 Å². The highest BCUT2D eigenvalue weighted by Crippen LogP contribution is 2.46. The average molecular weight is 665 g/mol. The standard InChI is InChI=1S/C47H28N4O/c1-2-11-30-27(9-1)10-7-13-31(30)28-19-21-29(22-20-28)49-36-16-6-4-14-34(36)48-47(49)51-38-18-8-17-37-42(38)43-39(51)24-26-40-44(43)45-41(52-40)25-23-33-32-12-3-5-15-35(32)50(37)46(33)45/h1-7,9-16,18-26H,8,17H2. The molecule has 5 nitrogen and oxygen atoms in total. The molecule has 0 unspecified atom stereocenters. The third-order valence-corrected chi connectivity index (χ3v) is 11.6. The maximum atomic E-state index is 6.64. The molecule has 242 valence electrons. The number of fused-ring (bicyclic) bond motifs is 6. The maximum absolute atomic E-state index is 6.64. The molecule has 0 amide bonds. The molecule has 0 aliphatic heterocycles. The Bertz CT molecular complexity index is 3510. The summed E-state index contributed by atoms with van der Waals surface area (Å²) < 4.78 is 13.9. The molecule has 7 aromatic carbocycles. The molecule has 5 aromatic heterocycles. The summed E-state index contributed by atoms with van der Waals surface area (Å²) in [5, 5.41) is 11.2. The van der Waals surface area contributed by atoms with Crippen LogP contribution in [0.15, 0.2) is 144 Å². The Hall–Kier alpha value is -6.85. The molecule has 0 N–H and O–H groups in total. The molecule has 13 rings (SSSR count). The zero-order valence-electron chi connectivity index (χ0n) is 28.0. The van der Waals surface area contributed by atoms with Crippen molar-refractivity contribution in [3.63, 3.8) is 0 Å². The van der Waals surface area contributed by atoms with Crippen molar-refractivity contribution in [2.75, 3.05) is 0 Å². The number of para-hydroxylation sites is 3. The molecule has 0 bridgehead atoms. The molecule has 5 heteroatoms. The number of furan rings is 1. The van der Waals surface area contributed by atoms with E-state index < -0.39 is 0 Å². The van der Waals surface area contributed by atoms with Gasteiger partial charge in [0.25, 0.3) is 0 Å². The van der Waals surface area contributed by atoms with E-state index in [1.807, 2.05) is 0 Å². The predicted molar refractivity (Wildman–Crippen MR) is 213 cm³/mol. The van der Waals surface area contributed by atoms with Gasteiger partial charge in [0.05, 0.1) is 38.3 Å². The van der Waals surface area contributed by atoms with E-state index in [2.05, 4.69) is 159 Å². The molecule has 0 radical (unpaired) electrons. The lowest BCUT2D eigenvalue weighted by atomic mass is 9.98. The van der Waals surface area contributed by atoms with Gasteiger partial charge in [-0.15, -0.1) is 0 Å². The lowest BCUT2D eigenvalue weighted by Gasteiger charge is -2.14. The monoisotopic (exact) mass is 664 g/mol. The van der Waals surface area contributed by atoms with Crippen LogP contribution < -0.4 is 5.35 Å². The normalized spacial score (nSPS) is 13.4. The molecule has 0 fully saturated rings. The first-order valence-electron chi connectivity index (χ1n) is 18.0. The van der Waals surface area contributed by atoms with Crippen LogP contribution in [0.4, 0.5) is 0 Å². The first-order valence-corrected chi connectivity index (χ1v) is 18.0. The largest absolute Gasteiger partial charge is 0.456 e. The third kappa shape index (κ3) is 3.23. The third-order valence-electron chi connectivity index (χ3n) is 11.6. The molecule has 1 aliphatic carbocycles. The Labute approximate surface area is 296 Å². The molecule has 1 aliphatic rings. The van der Waals surface area contributed by atoms with Crippen molar-refractivity contribution in [1.29, 1.82) is 0 Å². The molecular weight excluding hydrogens is 637 g/mol. The second kappa shape index (κ2) is 9.47. The number of aryl methyl sites for hydroxylation is 1. The minimum Gasteiger partial charge on any atom is -0.456 e. The van der Waals surface area contributed by atoms with E-state index in [0.717, 1.165) is 52.2 Å².